The minimum absolute atomic E-state index is 0.0323. The monoisotopic (exact) mass is 423 g/mol. The molecule has 0 aliphatic carbocycles. The summed E-state index contributed by atoms with van der Waals surface area (Å²) in [6, 6.07) is 26.3. The van der Waals surface area contributed by atoms with Gasteiger partial charge in [-0.1, -0.05) is 73.7 Å². The second kappa shape index (κ2) is 8.35. The molecule has 0 bridgehead atoms. The number of H-pyrrole nitrogens is 1. The van der Waals surface area contributed by atoms with E-state index < -0.39 is 0 Å². The smallest absolute Gasteiger partial charge is 0.273 e. The molecule has 0 fully saturated rings. The minimum atomic E-state index is -0.209. The number of nitrogens with one attached hydrogen (secondary N) is 1. The van der Waals surface area contributed by atoms with Gasteiger partial charge in [0, 0.05) is 17.7 Å². The molecule has 160 valence electrons. The van der Waals surface area contributed by atoms with Crippen LogP contribution in [0.2, 0.25) is 0 Å². The van der Waals surface area contributed by atoms with Crippen molar-refractivity contribution in [1.29, 1.82) is 0 Å². The van der Waals surface area contributed by atoms with Crippen molar-refractivity contribution < 1.29 is 9.53 Å². The molecule has 1 amide bonds. The van der Waals surface area contributed by atoms with Crippen molar-refractivity contribution in [3.8, 4) is 17.0 Å². The van der Waals surface area contributed by atoms with Gasteiger partial charge in [0.1, 0.15) is 11.4 Å². The molecule has 1 N–H and O–H groups in total. The van der Waals surface area contributed by atoms with E-state index in [0.717, 1.165) is 40.1 Å². The van der Waals surface area contributed by atoms with Crippen molar-refractivity contribution in [2.45, 2.75) is 25.9 Å². The molecule has 1 aromatic heterocycles. The third-order valence-electron chi connectivity index (χ3n) is 6.13. The van der Waals surface area contributed by atoms with Crippen LogP contribution in [-0.2, 0) is 13.0 Å². The number of aromatic amines is 1. The van der Waals surface area contributed by atoms with Crippen LogP contribution in [0.5, 0.6) is 5.75 Å². The van der Waals surface area contributed by atoms with Gasteiger partial charge in [0.05, 0.1) is 18.8 Å². The summed E-state index contributed by atoms with van der Waals surface area (Å²) in [6.45, 7) is 2.64. The number of benzene rings is 3. The molecule has 2 heterocycles. The van der Waals surface area contributed by atoms with Crippen LogP contribution in [0, 0.1) is 0 Å². The SMILES string of the molecule is CCc1ccc(C2c3c(-c4ccccc4)n[nH]c3C(=O)N2Cc2ccc(OC)cc2)cc1. The maximum Gasteiger partial charge on any atom is 0.273 e. The van der Waals surface area contributed by atoms with Gasteiger partial charge in [0.15, 0.2) is 0 Å². The van der Waals surface area contributed by atoms with Gasteiger partial charge < -0.3 is 9.64 Å². The Labute approximate surface area is 187 Å². The first-order valence-electron chi connectivity index (χ1n) is 10.9. The lowest BCUT2D eigenvalue weighted by molar-refractivity contribution is 0.0730. The molecule has 0 radical (unpaired) electrons. The van der Waals surface area contributed by atoms with E-state index in [9.17, 15) is 4.79 Å². The van der Waals surface area contributed by atoms with Gasteiger partial charge in [-0.2, -0.15) is 5.10 Å². The summed E-state index contributed by atoms with van der Waals surface area (Å²) in [5.74, 6) is 0.768. The fraction of sp³-hybridized carbons (Fsp3) is 0.185. The first-order valence-corrected chi connectivity index (χ1v) is 10.9. The summed E-state index contributed by atoms with van der Waals surface area (Å²) in [7, 11) is 1.65. The van der Waals surface area contributed by atoms with Gasteiger partial charge in [0.2, 0.25) is 0 Å². The Bertz CT molecular complexity index is 1230. The Hall–Kier alpha value is -3.86. The van der Waals surface area contributed by atoms with Crippen molar-refractivity contribution >= 4 is 5.91 Å². The number of ether oxygens (including phenoxy) is 1. The van der Waals surface area contributed by atoms with Crippen LogP contribution in [0.1, 0.15) is 45.7 Å². The Kier molecular flexibility index (Phi) is 5.23. The lowest BCUT2D eigenvalue weighted by atomic mass is 9.95. The molecule has 5 rings (SSSR count). The summed E-state index contributed by atoms with van der Waals surface area (Å²) < 4.78 is 5.28. The molecule has 0 spiro atoms. The molecule has 5 nitrogen and oxygen atoms in total. The van der Waals surface area contributed by atoms with Crippen molar-refractivity contribution in [1.82, 2.24) is 15.1 Å². The second-order valence-corrected chi connectivity index (χ2v) is 8.01. The van der Waals surface area contributed by atoms with E-state index in [0.29, 0.717) is 12.2 Å². The van der Waals surface area contributed by atoms with E-state index in [1.165, 1.54) is 5.56 Å². The summed E-state index contributed by atoms with van der Waals surface area (Å²) in [4.78, 5) is 15.4. The van der Waals surface area contributed by atoms with Gasteiger partial charge >= 0.3 is 0 Å². The number of rotatable bonds is 6. The fourth-order valence-electron chi connectivity index (χ4n) is 4.39. The Morgan fingerprint density at radius 3 is 2.28 bits per heavy atom. The molecule has 32 heavy (non-hydrogen) atoms. The zero-order valence-corrected chi connectivity index (χ0v) is 18.2. The van der Waals surface area contributed by atoms with Crippen molar-refractivity contribution in [3.63, 3.8) is 0 Å². The fourth-order valence-corrected chi connectivity index (χ4v) is 4.39. The molecular weight excluding hydrogens is 398 g/mol. The Balaban J connectivity index is 1.60. The number of hydrogen-bond donors (Lipinski definition) is 1. The summed E-state index contributed by atoms with van der Waals surface area (Å²) in [5, 5.41) is 7.57. The topological polar surface area (TPSA) is 58.2 Å². The lowest BCUT2D eigenvalue weighted by Crippen LogP contribution is -2.29. The van der Waals surface area contributed by atoms with E-state index >= 15 is 0 Å². The van der Waals surface area contributed by atoms with Gasteiger partial charge in [-0.3, -0.25) is 9.89 Å². The molecule has 1 aliphatic rings. The Morgan fingerprint density at radius 2 is 1.62 bits per heavy atom. The standard InChI is InChI=1S/C27H25N3O2/c1-3-18-9-13-21(14-10-18)26-23-24(20-7-5-4-6-8-20)28-29-25(23)27(31)30(26)17-19-11-15-22(32-2)16-12-19/h4-16,26H,3,17H2,1-2H3,(H,28,29). The number of fused-ring (bicyclic) bond motifs is 1. The van der Waals surface area contributed by atoms with Crippen LogP contribution >= 0.6 is 0 Å². The number of nitrogens with zero attached hydrogens (tertiary/aromatic N) is 2. The van der Waals surface area contributed by atoms with Crippen molar-refractivity contribution in [2.75, 3.05) is 7.11 Å². The first-order chi connectivity index (χ1) is 15.7. The number of carbonyl (C=O) groups is 1. The number of aromatic nitrogens is 2. The molecule has 4 aromatic rings. The molecule has 0 saturated carbocycles. The average Bonchev–Trinajstić information content (AvgIpc) is 3.39. The molecule has 3 aromatic carbocycles. The highest BCUT2D eigenvalue weighted by molar-refractivity contribution is 6.00. The second-order valence-electron chi connectivity index (χ2n) is 8.01. The van der Waals surface area contributed by atoms with Crippen LogP contribution < -0.4 is 4.74 Å². The third kappa shape index (κ3) is 3.46. The summed E-state index contributed by atoms with van der Waals surface area (Å²) >= 11 is 0. The van der Waals surface area contributed by atoms with E-state index in [-0.39, 0.29) is 11.9 Å². The largest absolute Gasteiger partial charge is 0.497 e. The molecule has 1 atom stereocenters. The molecule has 0 saturated heterocycles. The lowest BCUT2D eigenvalue weighted by Gasteiger charge is -2.27. The first kappa shape index (κ1) is 20.1. The van der Waals surface area contributed by atoms with Crippen LogP contribution in [0.25, 0.3) is 11.3 Å². The molecular formula is C27H25N3O2. The van der Waals surface area contributed by atoms with E-state index in [1.54, 1.807) is 7.11 Å². The minimum Gasteiger partial charge on any atom is -0.497 e. The normalized spacial score (nSPS) is 15.1. The van der Waals surface area contributed by atoms with Crippen molar-refractivity contribution in [2.24, 2.45) is 0 Å². The summed E-state index contributed by atoms with van der Waals surface area (Å²) in [5.41, 5.74) is 6.75. The number of amides is 1. The van der Waals surface area contributed by atoms with Crippen LogP contribution in [0.4, 0.5) is 0 Å². The van der Waals surface area contributed by atoms with Crippen LogP contribution in [0.15, 0.2) is 78.9 Å². The zero-order chi connectivity index (χ0) is 22.1. The van der Waals surface area contributed by atoms with Crippen molar-refractivity contribution in [3.05, 3.63) is 107 Å². The molecule has 1 unspecified atom stereocenters. The van der Waals surface area contributed by atoms with E-state index in [2.05, 4.69) is 41.4 Å². The van der Waals surface area contributed by atoms with E-state index in [4.69, 9.17) is 4.74 Å². The highest BCUT2D eigenvalue weighted by Crippen LogP contribution is 2.43. The highest BCUT2D eigenvalue weighted by atomic mass is 16.5. The highest BCUT2D eigenvalue weighted by Gasteiger charge is 2.42. The number of hydrogen-bond acceptors (Lipinski definition) is 3. The molecule has 1 aliphatic heterocycles. The average molecular weight is 424 g/mol. The Morgan fingerprint density at radius 1 is 0.938 bits per heavy atom. The van der Waals surface area contributed by atoms with Crippen LogP contribution in [-0.4, -0.2) is 28.1 Å². The predicted molar refractivity (Wildman–Crippen MR) is 125 cm³/mol. The number of carbonyl (C=O) groups excluding carboxylic acids is 1. The summed E-state index contributed by atoms with van der Waals surface area (Å²) in [6.07, 6.45) is 0.978. The number of methoxy groups -OCH3 is 1. The van der Waals surface area contributed by atoms with Gasteiger partial charge in [-0.25, -0.2) is 0 Å². The third-order valence-corrected chi connectivity index (χ3v) is 6.13. The predicted octanol–water partition coefficient (Wildman–Crippen LogP) is 5.39. The number of aryl methyl sites for hydroxylation is 1. The van der Waals surface area contributed by atoms with E-state index in [1.807, 2.05) is 59.5 Å². The van der Waals surface area contributed by atoms with Crippen LogP contribution in [0.3, 0.4) is 0 Å². The van der Waals surface area contributed by atoms with Gasteiger partial charge in [0.25, 0.3) is 5.91 Å². The maximum atomic E-state index is 13.5. The maximum absolute atomic E-state index is 13.5. The van der Waals surface area contributed by atoms with Gasteiger partial charge in [-0.05, 0) is 35.2 Å². The zero-order valence-electron chi connectivity index (χ0n) is 18.2. The van der Waals surface area contributed by atoms with Gasteiger partial charge in [-0.15, -0.1) is 0 Å². The quantitative estimate of drug-likeness (QED) is 0.452. The molecule has 5 heteroatoms.